The predicted octanol–water partition coefficient (Wildman–Crippen LogP) is 6.33. The van der Waals surface area contributed by atoms with Gasteiger partial charge in [-0.1, -0.05) is 31.6 Å². The first-order chi connectivity index (χ1) is 24.6. The monoisotopic (exact) mass is 710 g/mol. The van der Waals surface area contributed by atoms with Crippen molar-refractivity contribution in [3.63, 3.8) is 0 Å². The number of benzene rings is 4. The summed E-state index contributed by atoms with van der Waals surface area (Å²) in [5.41, 5.74) is -1.90. The van der Waals surface area contributed by atoms with Crippen LogP contribution < -0.4 is 9.47 Å². The number of phenols is 7. The van der Waals surface area contributed by atoms with E-state index in [9.17, 15) is 50.4 Å². The Bertz CT molecular complexity index is 2190. The molecule has 0 radical (unpaired) electrons. The van der Waals surface area contributed by atoms with Crippen molar-refractivity contribution in [2.45, 2.75) is 63.3 Å². The van der Waals surface area contributed by atoms with Crippen LogP contribution >= 0.6 is 0 Å². The number of phenolic OH excluding ortho intramolecular Hbond substituents is 7. The van der Waals surface area contributed by atoms with E-state index < -0.39 is 63.5 Å². The van der Waals surface area contributed by atoms with E-state index in [1.54, 1.807) is 13.0 Å². The summed E-state index contributed by atoms with van der Waals surface area (Å²) in [4.78, 5) is 29.4. The van der Waals surface area contributed by atoms with Gasteiger partial charge in [0.05, 0.1) is 11.1 Å². The lowest BCUT2D eigenvalue weighted by Crippen LogP contribution is -2.62. The summed E-state index contributed by atoms with van der Waals surface area (Å²) in [5.74, 6) is -10.4. The predicted molar refractivity (Wildman–Crippen MR) is 185 cm³/mol. The number of aromatic hydroxyl groups is 7. The third-order valence-corrected chi connectivity index (χ3v) is 10.5. The molecule has 1 aliphatic carbocycles. The molecule has 5 unspecified atom stereocenters. The van der Waals surface area contributed by atoms with Crippen molar-refractivity contribution < 1.29 is 59.9 Å². The number of Topliss-reactive ketones (excluding diaryl/α,β-unsaturated/α-hetero) is 2. The summed E-state index contributed by atoms with van der Waals surface area (Å²) in [6.07, 6.45) is 2.19. The minimum atomic E-state index is -2.41. The molecule has 0 fully saturated rings. The molecule has 0 bridgehead atoms. The van der Waals surface area contributed by atoms with Gasteiger partial charge in [0.1, 0.15) is 57.3 Å². The van der Waals surface area contributed by atoms with E-state index in [0.29, 0.717) is 12.0 Å². The molecule has 12 heteroatoms. The van der Waals surface area contributed by atoms with Gasteiger partial charge in [0, 0.05) is 54.0 Å². The second kappa shape index (κ2) is 12.1. The molecule has 8 N–H and O–H groups in total. The molecule has 0 saturated carbocycles. The van der Waals surface area contributed by atoms with Crippen LogP contribution in [0.15, 0.2) is 72.3 Å². The number of ketones is 2. The zero-order chi connectivity index (χ0) is 37.4. The molecule has 0 spiro atoms. The summed E-state index contributed by atoms with van der Waals surface area (Å²) < 4.78 is 12.3. The third kappa shape index (κ3) is 5.16. The van der Waals surface area contributed by atoms with Crippen LogP contribution in [-0.4, -0.2) is 58.0 Å². The van der Waals surface area contributed by atoms with Gasteiger partial charge in [-0.3, -0.25) is 9.59 Å². The zero-order valence-corrected chi connectivity index (χ0v) is 28.5. The molecule has 3 aliphatic rings. The van der Waals surface area contributed by atoms with E-state index >= 15 is 0 Å². The van der Waals surface area contributed by atoms with E-state index in [2.05, 4.69) is 0 Å². The molecule has 7 rings (SSSR count). The van der Waals surface area contributed by atoms with Crippen molar-refractivity contribution >= 4 is 11.6 Å². The van der Waals surface area contributed by atoms with Crippen LogP contribution in [0.1, 0.15) is 89.3 Å². The number of ether oxygens (including phenoxy) is 2. The molecule has 2 aliphatic heterocycles. The van der Waals surface area contributed by atoms with Gasteiger partial charge >= 0.3 is 0 Å². The third-order valence-electron chi connectivity index (χ3n) is 10.5. The van der Waals surface area contributed by atoms with Crippen molar-refractivity contribution in [3.8, 4) is 51.7 Å². The summed E-state index contributed by atoms with van der Waals surface area (Å²) in [6, 6.07) is 12.4. The average molecular weight is 711 g/mol. The first-order valence-corrected chi connectivity index (χ1v) is 16.9. The highest BCUT2D eigenvalue weighted by Gasteiger charge is 2.70. The standard InChI is InChI=1S/C40H38O12/c1-18(2)10-11-39-38(49)35-32(52-40(39,50)27-9-6-22(43)16-31(27)51-39)17-30(46)34(37(35)48)26-13-19(3)12-25(23-7-4-20(41)14-28(23)44)33(26)36(47)24-8-5-21(42)15-29(24)45/h4-9,13-18,25-26,33,41-46,48,50H,10-12H2,1-3H3. The quantitative estimate of drug-likeness (QED) is 0.0780. The summed E-state index contributed by atoms with van der Waals surface area (Å²) in [7, 11) is 0. The Labute approximate surface area is 298 Å². The highest BCUT2D eigenvalue weighted by atomic mass is 16.7. The molecule has 4 aromatic rings. The van der Waals surface area contributed by atoms with Crippen LogP contribution in [0.2, 0.25) is 0 Å². The van der Waals surface area contributed by atoms with Gasteiger partial charge in [0.15, 0.2) is 5.78 Å². The fourth-order valence-corrected chi connectivity index (χ4v) is 8.02. The van der Waals surface area contributed by atoms with Crippen LogP contribution in [-0.2, 0) is 5.79 Å². The fraction of sp³-hybridized carbons (Fsp3) is 0.300. The zero-order valence-electron chi connectivity index (χ0n) is 28.5. The maximum Gasteiger partial charge on any atom is 0.286 e. The number of rotatable bonds is 7. The first kappa shape index (κ1) is 34.6. The maximum atomic E-state index is 14.8. The van der Waals surface area contributed by atoms with Gasteiger partial charge in [-0.15, -0.1) is 0 Å². The number of carbonyl (C=O) groups excluding carboxylic acids is 2. The summed E-state index contributed by atoms with van der Waals surface area (Å²) in [6.45, 7) is 5.60. The second-order valence-corrected chi connectivity index (χ2v) is 14.3. The highest BCUT2D eigenvalue weighted by Crippen LogP contribution is 2.60. The van der Waals surface area contributed by atoms with Gasteiger partial charge in [-0.2, -0.15) is 0 Å². The molecule has 0 amide bonds. The smallest absolute Gasteiger partial charge is 0.286 e. The van der Waals surface area contributed by atoms with Crippen molar-refractivity contribution in [2.75, 3.05) is 0 Å². The Hall–Kier alpha value is -5.88. The molecule has 5 atom stereocenters. The summed E-state index contributed by atoms with van der Waals surface area (Å²) in [5, 5.41) is 88.0. The van der Waals surface area contributed by atoms with E-state index in [1.165, 1.54) is 42.5 Å². The minimum absolute atomic E-state index is 0.00176. The molecular weight excluding hydrogens is 672 g/mol. The van der Waals surface area contributed by atoms with Crippen molar-refractivity contribution in [1.82, 2.24) is 0 Å². The van der Waals surface area contributed by atoms with Crippen LogP contribution in [0.4, 0.5) is 0 Å². The van der Waals surface area contributed by atoms with Crippen LogP contribution in [0.3, 0.4) is 0 Å². The van der Waals surface area contributed by atoms with Crippen LogP contribution in [0, 0.1) is 11.8 Å². The van der Waals surface area contributed by atoms with E-state index in [-0.39, 0.29) is 75.5 Å². The van der Waals surface area contributed by atoms with Gasteiger partial charge in [0.2, 0.25) is 11.4 Å². The van der Waals surface area contributed by atoms with Crippen molar-refractivity contribution in [1.29, 1.82) is 0 Å². The Balaban J connectivity index is 1.43. The number of fused-ring (bicyclic) bond motifs is 4. The Kier molecular flexibility index (Phi) is 8.06. The summed E-state index contributed by atoms with van der Waals surface area (Å²) >= 11 is 0. The average Bonchev–Trinajstić information content (AvgIpc) is 3.30. The molecule has 2 heterocycles. The van der Waals surface area contributed by atoms with Gasteiger partial charge in [0.25, 0.3) is 5.79 Å². The molecule has 270 valence electrons. The molecule has 52 heavy (non-hydrogen) atoms. The second-order valence-electron chi connectivity index (χ2n) is 14.3. The first-order valence-electron chi connectivity index (χ1n) is 16.9. The van der Waals surface area contributed by atoms with Gasteiger partial charge < -0.3 is 50.3 Å². The van der Waals surface area contributed by atoms with Gasteiger partial charge in [-0.05, 0) is 61.6 Å². The van der Waals surface area contributed by atoms with E-state index in [0.717, 1.165) is 18.2 Å². The molecule has 12 nitrogen and oxygen atoms in total. The fourth-order valence-electron chi connectivity index (χ4n) is 8.02. The van der Waals surface area contributed by atoms with Gasteiger partial charge in [-0.25, -0.2) is 0 Å². The van der Waals surface area contributed by atoms with E-state index in [4.69, 9.17) is 9.47 Å². The topological polar surface area (TPSA) is 214 Å². The molecule has 0 saturated heterocycles. The molecule has 0 aromatic heterocycles. The minimum Gasteiger partial charge on any atom is -0.508 e. The lowest BCUT2D eigenvalue weighted by molar-refractivity contribution is -0.225. The van der Waals surface area contributed by atoms with Crippen molar-refractivity contribution in [3.05, 3.63) is 100 Å². The molecular formula is C40H38O12. The lowest BCUT2D eigenvalue weighted by atomic mass is 9.65. The van der Waals surface area contributed by atoms with Crippen LogP contribution in [0.25, 0.3) is 0 Å². The number of allylic oxidation sites excluding steroid dienone is 2. The number of hydrogen-bond acceptors (Lipinski definition) is 12. The largest absolute Gasteiger partial charge is 0.508 e. The Morgan fingerprint density at radius 3 is 2.15 bits per heavy atom. The normalized spacial score (nSPS) is 24.7. The Morgan fingerprint density at radius 1 is 0.827 bits per heavy atom. The van der Waals surface area contributed by atoms with E-state index in [1.807, 2.05) is 13.8 Å². The lowest BCUT2D eigenvalue weighted by Gasteiger charge is -2.44. The number of hydrogen-bond donors (Lipinski definition) is 8. The maximum absolute atomic E-state index is 14.8. The number of aliphatic hydroxyl groups is 1. The number of carbonyl (C=O) groups is 2. The highest BCUT2D eigenvalue weighted by molar-refractivity contribution is 6.10. The van der Waals surface area contributed by atoms with Crippen molar-refractivity contribution in [2.24, 2.45) is 11.8 Å². The Morgan fingerprint density at radius 2 is 1.48 bits per heavy atom. The SMILES string of the molecule is CC1=CC(c2c(O)cc3c(c2O)C(=O)C2(CCC(C)C)Oc4cc(O)ccc4C2(O)O3)C(C(=O)c2ccc(O)cc2O)C(c2ccc(O)cc2O)C1. The van der Waals surface area contributed by atoms with Crippen LogP contribution in [0.5, 0.6) is 51.7 Å². The molecule has 4 aromatic carbocycles.